The quantitative estimate of drug-likeness (QED) is 0.381. The Morgan fingerprint density at radius 1 is 1.30 bits per heavy atom. The summed E-state index contributed by atoms with van der Waals surface area (Å²) in [6, 6.07) is 3.92. The molecule has 3 rings (SSSR count). The summed E-state index contributed by atoms with van der Waals surface area (Å²) in [6.45, 7) is 6.65. The molecule has 2 aliphatic heterocycles. The van der Waals surface area contributed by atoms with Crippen LogP contribution in [0.1, 0.15) is 31.7 Å². The molecule has 152 valence electrons. The molecule has 1 N–H and O–H groups in total. The second-order valence-corrected chi connectivity index (χ2v) is 6.91. The van der Waals surface area contributed by atoms with Crippen molar-refractivity contribution in [2.45, 2.75) is 38.8 Å². The van der Waals surface area contributed by atoms with Crippen LogP contribution >= 0.6 is 35.6 Å². The number of likely N-dealkylation sites (tertiary alicyclic amines) is 1. The zero-order chi connectivity index (χ0) is 18.4. The fourth-order valence-electron chi connectivity index (χ4n) is 3.37. The first-order valence-electron chi connectivity index (χ1n) is 9.36. The van der Waals surface area contributed by atoms with Gasteiger partial charge in [-0.05, 0) is 37.5 Å². The third kappa shape index (κ3) is 6.02. The molecule has 1 aromatic rings. The van der Waals surface area contributed by atoms with Crippen molar-refractivity contribution in [3.63, 3.8) is 0 Å². The minimum absolute atomic E-state index is 0. The average molecular weight is 510 g/mol. The van der Waals surface area contributed by atoms with E-state index in [4.69, 9.17) is 25.8 Å². The Hall–Kier alpha value is -0.930. The Bertz CT molecular complexity index is 637. The summed E-state index contributed by atoms with van der Waals surface area (Å²) < 4.78 is 17.2. The maximum Gasteiger partial charge on any atom is 0.193 e. The molecule has 1 aromatic carbocycles. The number of benzene rings is 1. The number of aliphatic imine (C=N–C) groups is 1. The number of ether oxygens (including phenoxy) is 3. The lowest BCUT2D eigenvalue weighted by Gasteiger charge is -2.34. The van der Waals surface area contributed by atoms with Crippen LogP contribution in [0.2, 0.25) is 5.02 Å². The Morgan fingerprint density at radius 2 is 2.04 bits per heavy atom. The van der Waals surface area contributed by atoms with Crippen molar-refractivity contribution < 1.29 is 14.2 Å². The van der Waals surface area contributed by atoms with Crippen LogP contribution in [0.3, 0.4) is 0 Å². The van der Waals surface area contributed by atoms with Gasteiger partial charge in [-0.1, -0.05) is 11.6 Å². The van der Waals surface area contributed by atoms with E-state index in [0.29, 0.717) is 36.6 Å². The molecular weight excluding hydrogens is 481 g/mol. The third-order valence-corrected chi connectivity index (χ3v) is 4.95. The number of rotatable bonds is 4. The number of halogens is 2. The van der Waals surface area contributed by atoms with Crippen LogP contribution in [0.25, 0.3) is 0 Å². The first-order valence-corrected chi connectivity index (χ1v) is 9.74. The largest absolute Gasteiger partial charge is 0.489 e. The van der Waals surface area contributed by atoms with Gasteiger partial charge in [0.05, 0.1) is 24.3 Å². The minimum atomic E-state index is 0. The van der Waals surface area contributed by atoms with Gasteiger partial charge < -0.3 is 24.4 Å². The Morgan fingerprint density at radius 3 is 2.74 bits per heavy atom. The fourth-order valence-corrected chi connectivity index (χ4v) is 3.66. The van der Waals surface area contributed by atoms with Gasteiger partial charge >= 0.3 is 0 Å². The van der Waals surface area contributed by atoms with E-state index in [1.54, 1.807) is 0 Å². The number of nitrogens with zero attached hydrogens (tertiary/aromatic N) is 2. The third-order valence-electron chi connectivity index (χ3n) is 4.67. The molecule has 0 aliphatic carbocycles. The molecule has 0 aromatic heterocycles. The zero-order valence-corrected chi connectivity index (χ0v) is 19.1. The van der Waals surface area contributed by atoms with E-state index in [1.165, 1.54) is 0 Å². The van der Waals surface area contributed by atoms with Gasteiger partial charge in [0.25, 0.3) is 0 Å². The van der Waals surface area contributed by atoms with Crippen molar-refractivity contribution in [1.29, 1.82) is 0 Å². The topological polar surface area (TPSA) is 55.3 Å². The highest BCUT2D eigenvalue weighted by Gasteiger charge is 2.22. The molecule has 8 heteroatoms. The number of piperidine rings is 1. The second-order valence-electron chi connectivity index (χ2n) is 6.50. The predicted octanol–water partition coefficient (Wildman–Crippen LogP) is 3.70. The minimum Gasteiger partial charge on any atom is -0.489 e. The normalized spacial score (nSPS) is 17.9. The number of hydrogen-bond acceptors (Lipinski definition) is 4. The van der Waals surface area contributed by atoms with E-state index in [1.807, 2.05) is 26.1 Å². The molecule has 0 spiro atoms. The van der Waals surface area contributed by atoms with Crippen LogP contribution in [-0.2, 0) is 11.3 Å². The molecule has 0 amide bonds. The van der Waals surface area contributed by atoms with E-state index >= 15 is 0 Å². The van der Waals surface area contributed by atoms with Gasteiger partial charge in [0, 0.05) is 39.7 Å². The van der Waals surface area contributed by atoms with Crippen LogP contribution in [0, 0.1) is 0 Å². The number of fused-ring (bicyclic) bond motifs is 1. The van der Waals surface area contributed by atoms with Gasteiger partial charge in [0.15, 0.2) is 17.5 Å². The van der Waals surface area contributed by atoms with Crippen LogP contribution in [-0.4, -0.2) is 56.9 Å². The highest BCUT2D eigenvalue weighted by Crippen LogP contribution is 2.37. The summed E-state index contributed by atoms with van der Waals surface area (Å²) >= 11 is 6.38. The average Bonchev–Trinajstić information content (AvgIpc) is 2.90. The molecule has 0 radical (unpaired) electrons. The monoisotopic (exact) mass is 509 g/mol. The van der Waals surface area contributed by atoms with Crippen molar-refractivity contribution in [2.75, 3.05) is 40.0 Å². The van der Waals surface area contributed by atoms with Crippen molar-refractivity contribution in [2.24, 2.45) is 4.99 Å². The summed E-state index contributed by atoms with van der Waals surface area (Å²) in [4.78, 5) is 6.70. The number of hydrogen-bond donors (Lipinski definition) is 1. The van der Waals surface area contributed by atoms with Crippen LogP contribution in [0.4, 0.5) is 0 Å². The van der Waals surface area contributed by atoms with Crippen LogP contribution < -0.4 is 14.8 Å². The first kappa shape index (κ1) is 22.4. The van der Waals surface area contributed by atoms with Crippen molar-refractivity contribution >= 4 is 41.5 Å². The van der Waals surface area contributed by atoms with E-state index in [2.05, 4.69) is 15.2 Å². The molecule has 27 heavy (non-hydrogen) atoms. The first-order chi connectivity index (χ1) is 12.7. The number of guanidine groups is 1. The van der Waals surface area contributed by atoms with E-state index in [-0.39, 0.29) is 24.0 Å². The lowest BCUT2D eigenvalue weighted by atomic mass is 10.1. The van der Waals surface area contributed by atoms with Crippen molar-refractivity contribution in [1.82, 2.24) is 10.2 Å². The van der Waals surface area contributed by atoms with Gasteiger partial charge in [-0.2, -0.15) is 0 Å². The summed E-state index contributed by atoms with van der Waals surface area (Å²) in [5.74, 6) is 2.28. The molecule has 0 saturated carbocycles. The van der Waals surface area contributed by atoms with Crippen LogP contribution in [0.5, 0.6) is 11.5 Å². The van der Waals surface area contributed by atoms with Gasteiger partial charge in [0.1, 0.15) is 0 Å². The highest BCUT2D eigenvalue weighted by molar-refractivity contribution is 14.0. The van der Waals surface area contributed by atoms with Gasteiger partial charge in [-0.3, -0.25) is 4.99 Å². The summed E-state index contributed by atoms with van der Waals surface area (Å²) in [6.07, 6.45) is 3.30. The Kier molecular flexibility index (Phi) is 9.25. The molecule has 2 aliphatic rings. The van der Waals surface area contributed by atoms with E-state index in [0.717, 1.165) is 56.2 Å². The Labute approximate surface area is 183 Å². The standard InChI is InChI=1S/C19H28ClN3O3.HI/c1-3-24-15-5-7-23(8-6-15)19(21-2)22-13-14-11-16(20)18-17(12-14)25-9-4-10-26-18;/h11-12,15H,3-10,13H2,1-2H3,(H,21,22);1H. The molecule has 2 heterocycles. The van der Waals surface area contributed by atoms with Gasteiger partial charge in [-0.25, -0.2) is 0 Å². The summed E-state index contributed by atoms with van der Waals surface area (Å²) in [7, 11) is 1.82. The second kappa shape index (κ2) is 11.2. The van der Waals surface area contributed by atoms with Gasteiger partial charge in [-0.15, -0.1) is 24.0 Å². The molecule has 0 unspecified atom stereocenters. The van der Waals surface area contributed by atoms with E-state index < -0.39 is 0 Å². The lowest BCUT2D eigenvalue weighted by Crippen LogP contribution is -2.46. The van der Waals surface area contributed by atoms with Crippen molar-refractivity contribution in [3.05, 3.63) is 22.7 Å². The highest BCUT2D eigenvalue weighted by atomic mass is 127. The lowest BCUT2D eigenvalue weighted by molar-refractivity contribution is 0.0263. The van der Waals surface area contributed by atoms with E-state index in [9.17, 15) is 0 Å². The maximum absolute atomic E-state index is 6.38. The van der Waals surface area contributed by atoms with Gasteiger partial charge in [0.2, 0.25) is 0 Å². The SMILES string of the molecule is CCOC1CCN(C(=NC)NCc2cc(Cl)c3c(c2)OCCCO3)CC1.I. The molecule has 1 saturated heterocycles. The van der Waals surface area contributed by atoms with Crippen LogP contribution in [0.15, 0.2) is 17.1 Å². The molecular formula is C19H29ClIN3O3. The molecule has 1 fully saturated rings. The summed E-state index contributed by atoms with van der Waals surface area (Å²) in [5, 5.41) is 4.02. The Balaban J connectivity index is 0.00000261. The summed E-state index contributed by atoms with van der Waals surface area (Å²) in [5.41, 5.74) is 1.05. The maximum atomic E-state index is 6.38. The number of nitrogens with one attached hydrogen (secondary N) is 1. The molecule has 0 atom stereocenters. The molecule has 6 nitrogen and oxygen atoms in total. The molecule has 0 bridgehead atoms. The van der Waals surface area contributed by atoms with Crippen molar-refractivity contribution in [3.8, 4) is 11.5 Å². The fraction of sp³-hybridized carbons (Fsp3) is 0.632. The predicted molar refractivity (Wildman–Crippen MR) is 119 cm³/mol. The smallest absolute Gasteiger partial charge is 0.193 e. The zero-order valence-electron chi connectivity index (χ0n) is 16.0.